The lowest BCUT2D eigenvalue weighted by molar-refractivity contribution is -0.163. The maximum absolute atomic E-state index is 12.3. The highest BCUT2D eigenvalue weighted by molar-refractivity contribution is 5.82. The summed E-state index contributed by atoms with van der Waals surface area (Å²) in [4.78, 5) is 24.3. The Morgan fingerprint density at radius 3 is 2.80 bits per heavy atom. The van der Waals surface area contributed by atoms with Crippen molar-refractivity contribution >= 4 is 11.9 Å². The van der Waals surface area contributed by atoms with Crippen LogP contribution in [0.3, 0.4) is 0 Å². The number of carbonyl (C=O) groups is 2. The Balaban J connectivity index is 1.69. The van der Waals surface area contributed by atoms with Gasteiger partial charge < -0.3 is 14.2 Å². The van der Waals surface area contributed by atoms with E-state index in [0.29, 0.717) is 5.92 Å². The zero-order valence-corrected chi connectivity index (χ0v) is 11.7. The van der Waals surface area contributed by atoms with E-state index in [0.717, 1.165) is 25.7 Å². The predicted octanol–water partition coefficient (Wildman–Crippen LogP) is 1.40. The summed E-state index contributed by atoms with van der Waals surface area (Å²) in [6.45, 7) is 4.00. The lowest BCUT2D eigenvalue weighted by Crippen LogP contribution is -2.57. The topological polar surface area (TPSA) is 65.1 Å². The molecule has 7 atom stereocenters. The Morgan fingerprint density at radius 1 is 1.20 bits per heavy atom. The molecule has 0 aromatic rings. The minimum atomic E-state index is -0.801. The molecular formula is C15H18O5. The standard InChI is InChI=1S/C15H18O5/c1-7-10(16)19-14-6-8-4-3-5-9-11(17)18-12(13(8,9)2)15(7,14)20-14/h7-9,12H,3-6H2,1-2H3. The van der Waals surface area contributed by atoms with Crippen LogP contribution in [0.25, 0.3) is 0 Å². The van der Waals surface area contributed by atoms with Gasteiger partial charge in [-0.25, -0.2) is 0 Å². The van der Waals surface area contributed by atoms with E-state index in [-0.39, 0.29) is 35.3 Å². The van der Waals surface area contributed by atoms with Crippen LogP contribution in [0.2, 0.25) is 0 Å². The van der Waals surface area contributed by atoms with Gasteiger partial charge in [0.2, 0.25) is 5.79 Å². The summed E-state index contributed by atoms with van der Waals surface area (Å²) < 4.78 is 17.3. The molecule has 0 aromatic heterocycles. The first-order chi connectivity index (χ1) is 9.46. The minimum absolute atomic E-state index is 0.0364. The van der Waals surface area contributed by atoms with Crippen molar-refractivity contribution in [3.05, 3.63) is 0 Å². The van der Waals surface area contributed by atoms with Crippen molar-refractivity contribution in [3.8, 4) is 0 Å². The molecule has 0 radical (unpaired) electrons. The first kappa shape index (κ1) is 11.5. The van der Waals surface area contributed by atoms with Crippen molar-refractivity contribution in [1.29, 1.82) is 0 Å². The van der Waals surface area contributed by atoms with Gasteiger partial charge in [-0.15, -0.1) is 0 Å². The summed E-state index contributed by atoms with van der Waals surface area (Å²) in [6.07, 6.45) is 3.40. The summed E-state index contributed by atoms with van der Waals surface area (Å²) in [5, 5.41) is 0. The lowest BCUT2D eigenvalue weighted by Gasteiger charge is -2.48. The molecule has 20 heavy (non-hydrogen) atoms. The Kier molecular flexibility index (Phi) is 1.68. The second-order valence-corrected chi connectivity index (χ2v) is 7.36. The fourth-order valence-corrected chi connectivity index (χ4v) is 5.68. The Hall–Kier alpha value is -1.10. The van der Waals surface area contributed by atoms with Gasteiger partial charge in [0, 0.05) is 11.8 Å². The molecular weight excluding hydrogens is 260 g/mol. The van der Waals surface area contributed by atoms with E-state index in [1.165, 1.54) is 0 Å². The second-order valence-electron chi connectivity index (χ2n) is 7.36. The number of rotatable bonds is 0. The lowest BCUT2D eigenvalue weighted by atomic mass is 9.52. The highest BCUT2D eigenvalue weighted by atomic mass is 16.8. The average Bonchev–Trinajstić information content (AvgIpc) is 2.90. The van der Waals surface area contributed by atoms with Crippen LogP contribution in [0.1, 0.15) is 39.5 Å². The van der Waals surface area contributed by atoms with E-state index in [1.54, 1.807) is 0 Å². The minimum Gasteiger partial charge on any atom is -0.458 e. The van der Waals surface area contributed by atoms with Gasteiger partial charge in [-0.05, 0) is 25.7 Å². The van der Waals surface area contributed by atoms with Crippen LogP contribution in [0.15, 0.2) is 0 Å². The molecule has 2 saturated carbocycles. The van der Waals surface area contributed by atoms with E-state index in [4.69, 9.17) is 14.2 Å². The van der Waals surface area contributed by atoms with Gasteiger partial charge in [0.1, 0.15) is 6.10 Å². The Morgan fingerprint density at radius 2 is 2.00 bits per heavy atom. The molecule has 108 valence electrons. The fourth-order valence-electron chi connectivity index (χ4n) is 5.68. The van der Waals surface area contributed by atoms with E-state index in [2.05, 4.69) is 6.92 Å². The Bertz CT molecular complexity index is 558. The first-order valence-electron chi connectivity index (χ1n) is 7.59. The molecule has 5 nitrogen and oxygen atoms in total. The van der Waals surface area contributed by atoms with Crippen LogP contribution in [0.5, 0.6) is 0 Å². The molecule has 0 spiro atoms. The van der Waals surface area contributed by atoms with Gasteiger partial charge in [0.05, 0.1) is 11.8 Å². The number of hydrogen-bond acceptors (Lipinski definition) is 5. The van der Waals surface area contributed by atoms with Crippen LogP contribution >= 0.6 is 0 Å². The zero-order chi connectivity index (χ0) is 13.9. The summed E-state index contributed by atoms with van der Waals surface area (Å²) in [5.74, 6) is -1.16. The monoisotopic (exact) mass is 278 g/mol. The van der Waals surface area contributed by atoms with E-state index in [9.17, 15) is 9.59 Å². The molecule has 0 N–H and O–H groups in total. The van der Waals surface area contributed by atoms with Gasteiger partial charge >= 0.3 is 11.9 Å². The van der Waals surface area contributed by atoms with Crippen molar-refractivity contribution in [3.63, 3.8) is 0 Å². The van der Waals surface area contributed by atoms with Crippen LogP contribution < -0.4 is 0 Å². The highest BCUT2D eigenvalue weighted by Crippen LogP contribution is 2.75. The number of epoxide rings is 1. The third-order valence-electron chi connectivity index (χ3n) is 6.81. The molecule has 0 amide bonds. The van der Waals surface area contributed by atoms with Gasteiger partial charge in [-0.2, -0.15) is 0 Å². The molecule has 3 saturated heterocycles. The third-order valence-corrected chi connectivity index (χ3v) is 6.81. The van der Waals surface area contributed by atoms with Crippen molar-refractivity contribution in [1.82, 2.24) is 0 Å². The smallest absolute Gasteiger partial charge is 0.314 e. The fraction of sp³-hybridized carbons (Fsp3) is 0.867. The molecule has 0 bridgehead atoms. The number of ether oxygens (including phenoxy) is 3. The number of esters is 2. The maximum atomic E-state index is 12.3. The van der Waals surface area contributed by atoms with Crippen molar-refractivity contribution in [2.75, 3.05) is 0 Å². The van der Waals surface area contributed by atoms with Crippen molar-refractivity contribution in [2.24, 2.45) is 23.2 Å². The molecule has 5 fully saturated rings. The average molecular weight is 278 g/mol. The molecule has 5 rings (SSSR count). The van der Waals surface area contributed by atoms with Crippen LogP contribution in [0.4, 0.5) is 0 Å². The largest absolute Gasteiger partial charge is 0.458 e. The molecule has 7 unspecified atom stereocenters. The van der Waals surface area contributed by atoms with Crippen molar-refractivity contribution < 1.29 is 23.8 Å². The highest BCUT2D eigenvalue weighted by Gasteiger charge is 2.92. The molecule has 2 aliphatic carbocycles. The normalized spacial score (nSPS) is 62.1. The zero-order valence-electron chi connectivity index (χ0n) is 11.7. The van der Waals surface area contributed by atoms with Crippen LogP contribution in [0, 0.1) is 23.2 Å². The van der Waals surface area contributed by atoms with Gasteiger partial charge in [0.25, 0.3) is 0 Å². The molecule has 5 aliphatic rings. The Labute approximate surface area is 116 Å². The summed E-state index contributed by atoms with van der Waals surface area (Å²) in [6, 6.07) is 0. The van der Waals surface area contributed by atoms with E-state index < -0.39 is 11.4 Å². The second kappa shape index (κ2) is 2.91. The summed E-state index contributed by atoms with van der Waals surface area (Å²) >= 11 is 0. The van der Waals surface area contributed by atoms with Crippen LogP contribution in [-0.4, -0.2) is 29.4 Å². The number of carbonyl (C=O) groups excluding carboxylic acids is 2. The molecule has 3 heterocycles. The predicted molar refractivity (Wildman–Crippen MR) is 65.2 cm³/mol. The van der Waals surface area contributed by atoms with E-state index in [1.807, 2.05) is 6.92 Å². The van der Waals surface area contributed by atoms with Crippen LogP contribution in [-0.2, 0) is 23.8 Å². The summed E-state index contributed by atoms with van der Waals surface area (Å²) in [5.41, 5.74) is -0.908. The van der Waals surface area contributed by atoms with Gasteiger partial charge in [0.15, 0.2) is 5.60 Å². The quantitative estimate of drug-likeness (QED) is 0.495. The van der Waals surface area contributed by atoms with Gasteiger partial charge in [-0.1, -0.05) is 13.3 Å². The maximum Gasteiger partial charge on any atom is 0.314 e. The van der Waals surface area contributed by atoms with Gasteiger partial charge in [-0.3, -0.25) is 9.59 Å². The van der Waals surface area contributed by atoms with Crippen molar-refractivity contribution in [2.45, 2.75) is 57.0 Å². The molecule has 0 aromatic carbocycles. The molecule has 3 aliphatic heterocycles. The third kappa shape index (κ3) is 0.874. The SMILES string of the molecule is CC1C(=O)OC23CC4CCCC5C(=O)OC(C45C)C12O3. The molecule has 5 heteroatoms. The number of hydrogen-bond donors (Lipinski definition) is 0. The first-order valence-corrected chi connectivity index (χ1v) is 7.59. The summed E-state index contributed by atoms with van der Waals surface area (Å²) in [7, 11) is 0. The van der Waals surface area contributed by atoms with E-state index >= 15 is 0 Å².